The Bertz CT molecular complexity index is 913. The van der Waals surface area contributed by atoms with Crippen molar-refractivity contribution >= 4 is 39.9 Å². The van der Waals surface area contributed by atoms with E-state index in [0.717, 1.165) is 5.69 Å². The first-order valence-corrected chi connectivity index (χ1v) is 8.82. The second-order valence-electron chi connectivity index (χ2n) is 6.91. The number of nitrogens with zero attached hydrogens (tertiary/aromatic N) is 2. The van der Waals surface area contributed by atoms with E-state index in [0.29, 0.717) is 28.4 Å². The van der Waals surface area contributed by atoms with E-state index in [1.54, 1.807) is 18.2 Å². The molecular weight excluding hydrogens is 354 g/mol. The molecule has 1 N–H and O–H groups in total. The van der Waals surface area contributed by atoms with Gasteiger partial charge in [-0.25, -0.2) is 4.98 Å². The predicted octanol–water partition coefficient (Wildman–Crippen LogP) is 3.86. The van der Waals surface area contributed by atoms with E-state index in [-0.39, 0.29) is 22.8 Å². The first kappa shape index (κ1) is 17.9. The van der Waals surface area contributed by atoms with Crippen LogP contribution in [0.5, 0.6) is 0 Å². The lowest BCUT2D eigenvalue weighted by Gasteiger charge is -2.26. The lowest BCUT2D eigenvalue weighted by molar-refractivity contribution is -0.384. The number of thiazole rings is 1. The van der Waals surface area contributed by atoms with Crippen molar-refractivity contribution < 1.29 is 14.5 Å². The average Bonchev–Trinajstić information content (AvgIpc) is 2.94. The number of ketones is 1. The van der Waals surface area contributed by atoms with E-state index in [1.165, 1.54) is 29.5 Å². The van der Waals surface area contributed by atoms with E-state index in [1.807, 2.05) is 13.8 Å². The number of anilines is 1. The normalized spacial score (nSPS) is 15.7. The molecule has 0 aliphatic heterocycles. The van der Waals surface area contributed by atoms with E-state index >= 15 is 0 Å². The molecule has 7 nitrogen and oxygen atoms in total. The van der Waals surface area contributed by atoms with Gasteiger partial charge in [0.2, 0.25) is 5.91 Å². The molecule has 1 aromatic carbocycles. The molecule has 0 saturated heterocycles. The van der Waals surface area contributed by atoms with E-state index in [2.05, 4.69) is 10.3 Å². The zero-order chi connectivity index (χ0) is 18.9. The van der Waals surface area contributed by atoms with Gasteiger partial charge < -0.3 is 0 Å². The summed E-state index contributed by atoms with van der Waals surface area (Å²) in [5.41, 5.74) is 1.29. The van der Waals surface area contributed by atoms with Gasteiger partial charge >= 0.3 is 0 Å². The average molecular weight is 371 g/mol. The number of nitro benzene ring substituents is 1. The smallest absolute Gasteiger partial charge is 0.269 e. The number of rotatable bonds is 4. The van der Waals surface area contributed by atoms with Gasteiger partial charge in [-0.3, -0.25) is 25.0 Å². The molecule has 0 bridgehead atoms. The van der Waals surface area contributed by atoms with Crippen LogP contribution in [0.4, 0.5) is 10.8 Å². The highest BCUT2D eigenvalue weighted by Gasteiger charge is 2.33. The maximum absolute atomic E-state index is 12.2. The van der Waals surface area contributed by atoms with Crippen molar-refractivity contribution in [1.29, 1.82) is 0 Å². The molecule has 26 heavy (non-hydrogen) atoms. The second kappa shape index (κ2) is 6.80. The highest BCUT2D eigenvalue weighted by atomic mass is 32.1. The summed E-state index contributed by atoms with van der Waals surface area (Å²) in [4.78, 5) is 39.4. The predicted molar refractivity (Wildman–Crippen MR) is 99.3 cm³/mol. The van der Waals surface area contributed by atoms with E-state index < -0.39 is 4.92 Å². The van der Waals surface area contributed by atoms with Crippen LogP contribution >= 0.6 is 11.3 Å². The van der Waals surface area contributed by atoms with Crippen LogP contribution in [0.25, 0.3) is 6.08 Å². The molecule has 0 radical (unpaired) electrons. The van der Waals surface area contributed by atoms with E-state index in [4.69, 9.17) is 0 Å². The molecule has 1 aliphatic rings. The molecule has 1 amide bonds. The van der Waals surface area contributed by atoms with Crippen LogP contribution < -0.4 is 5.32 Å². The van der Waals surface area contributed by atoms with Gasteiger partial charge in [0.15, 0.2) is 10.9 Å². The summed E-state index contributed by atoms with van der Waals surface area (Å²) in [5, 5.41) is 13.7. The number of hydrogen-bond acceptors (Lipinski definition) is 6. The molecule has 0 atom stereocenters. The Morgan fingerprint density at radius 1 is 1.31 bits per heavy atom. The number of carbonyl (C=O) groups is 2. The van der Waals surface area contributed by atoms with Gasteiger partial charge in [0.25, 0.3) is 5.69 Å². The summed E-state index contributed by atoms with van der Waals surface area (Å²) in [7, 11) is 0. The summed E-state index contributed by atoms with van der Waals surface area (Å²) < 4.78 is 0. The third-order valence-electron chi connectivity index (χ3n) is 4.00. The summed E-state index contributed by atoms with van der Waals surface area (Å²) in [6.07, 6.45) is 4.07. The lowest BCUT2D eigenvalue weighted by Crippen LogP contribution is -2.26. The zero-order valence-electron chi connectivity index (χ0n) is 14.3. The Morgan fingerprint density at radius 2 is 2.00 bits per heavy atom. The Hall–Kier alpha value is -2.87. The number of non-ortho nitro benzene ring substituents is 1. The van der Waals surface area contributed by atoms with Crippen molar-refractivity contribution in [1.82, 2.24) is 4.98 Å². The fourth-order valence-corrected chi connectivity index (χ4v) is 3.72. The lowest BCUT2D eigenvalue weighted by atomic mass is 9.78. The van der Waals surface area contributed by atoms with Crippen molar-refractivity contribution in [2.24, 2.45) is 5.41 Å². The summed E-state index contributed by atoms with van der Waals surface area (Å²) in [6.45, 7) is 4.05. The largest absolute Gasteiger partial charge is 0.298 e. The van der Waals surface area contributed by atoms with Crippen molar-refractivity contribution in [2.75, 3.05) is 5.32 Å². The van der Waals surface area contributed by atoms with Gasteiger partial charge in [-0.05, 0) is 35.6 Å². The van der Waals surface area contributed by atoms with Crippen LogP contribution in [0.1, 0.15) is 41.2 Å². The monoisotopic (exact) mass is 371 g/mol. The standard InChI is InChI=1S/C18H17N3O4S/c1-18(2)9-13-16(14(22)10-18)26-17(19-13)20-15(23)8-5-11-3-6-12(7-4-11)21(24)25/h3-8H,9-10H2,1-2H3,(H,19,20,23). The minimum absolute atomic E-state index is 0.00689. The Kier molecular flexibility index (Phi) is 4.69. The molecule has 0 spiro atoms. The van der Waals surface area contributed by atoms with Crippen LogP contribution in [0.3, 0.4) is 0 Å². The van der Waals surface area contributed by atoms with Crippen molar-refractivity contribution in [2.45, 2.75) is 26.7 Å². The van der Waals surface area contributed by atoms with Gasteiger partial charge in [0.1, 0.15) is 0 Å². The fraction of sp³-hybridized carbons (Fsp3) is 0.278. The molecule has 2 aromatic rings. The summed E-state index contributed by atoms with van der Waals surface area (Å²) in [6, 6.07) is 5.87. The third-order valence-corrected chi connectivity index (χ3v) is 5.05. The maximum atomic E-state index is 12.2. The summed E-state index contributed by atoms with van der Waals surface area (Å²) >= 11 is 1.20. The molecule has 134 valence electrons. The van der Waals surface area contributed by atoms with Crippen LogP contribution in [-0.2, 0) is 11.2 Å². The maximum Gasteiger partial charge on any atom is 0.269 e. The quantitative estimate of drug-likeness (QED) is 0.499. The number of carbonyl (C=O) groups excluding carboxylic acids is 2. The van der Waals surface area contributed by atoms with Gasteiger partial charge in [-0.1, -0.05) is 25.2 Å². The van der Waals surface area contributed by atoms with Gasteiger partial charge in [-0.15, -0.1) is 0 Å². The number of fused-ring (bicyclic) bond motifs is 1. The van der Waals surface area contributed by atoms with Crippen molar-refractivity contribution in [3.05, 3.63) is 56.6 Å². The topological polar surface area (TPSA) is 102 Å². The van der Waals surface area contributed by atoms with Crippen molar-refractivity contribution in [3.8, 4) is 0 Å². The Morgan fingerprint density at radius 3 is 2.65 bits per heavy atom. The first-order valence-electron chi connectivity index (χ1n) is 8.00. The van der Waals surface area contributed by atoms with Crippen molar-refractivity contribution in [3.63, 3.8) is 0 Å². The minimum atomic E-state index is -0.479. The number of benzene rings is 1. The number of hydrogen-bond donors (Lipinski definition) is 1. The molecule has 1 aromatic heterocycles. The zero-order valence-corrected chi connectivity index (χ0v) is 15.1. The highest BCUT2D eigenvalue weighted by Crippen LogP contribution is 2.38. The number of nitrogens with one attached hydrogen (secondary N) is 1. The van der Waals surface area contributed by atoms with Gasteiger partial charge in [-0.2, -0.15) is 0 Å². The van der Waals surface area contributed by atoms with Crippen LogP contribution in [0.15, 0.2) is 30.3 Å². The number of aromatic nitrogens is 1. The molecule has 0 saturated carbocycles. The SMILES string of the molecule is CC1(C)CC(=O)c2sc(NC(=O)C=Cc3ccc([N+](=O)[O-])cc3)nc2C1. The molecular formula is C18H17N3O4S. The third kappa shape index (κ3) is 4.02. The fourth-order valence-electron chi connectivity index (χ4n) is 2.80. The van der Waals surface area contributed by atoms with Gasteiger partial charge in [0, 0.05) is 24.6 Å². The minimum Gasteiger partial charge on any atom is -0.298 e. The molecule has 3 rings (SSSR count). The number of nitro groups is 1. The Labute approximate surface area is 153 Å². The molecule has 1 heterocycles. The number of amides is 1. The van der Waals surface area contributed by atoms with E-state index in [9.17, 15) is 19.7 Å². The first-order chi connectivity index (χ1) is 12.2. The Balaban J connectivity index is 1.67. The molecule has 8 heteroatoms. The van der Waals surface area contributed by atoms with Crippen LogP contribution in [-0.4, -0.2) is 21.6 Å². The number of Topliss-reactive ketones (excluding diaryl/α,β-unsaturated/α-hetero) is 1. The summed E-state index contributed by atoms with van der Waals surface area (Å²) in [5.74, 6) is -0.308. The van der Waals surface area contributed by atoms with Crippen LogP contribution in [0, 0.1) is 15.5 Å². The van der Waals surface area contributed by atoms with Gasteiger partial charge in [0.05, 0.1) is 15.5 Å². The molecule has 0 fully saturated rings. The molecule has 1 aliphatic carbocycles. The second-order valence-corrected chi connectivity index (χ2v) is 7.91. The van der Waals surface area contributed by atoms with Crippen LogP contribution in [0.2, 0.25) is 0 Å². The highest BCUT2D eigenvalue weighted by molar-refractivity contribution is 7.17. The molecule has 0 unspecified atom stereocenters.